The van der Waals surface area contributed by atoms with E-state index < -0.39 is 6.04 Å². The van der Waals surface area contributed by atoms with Crippen molar-refractivity contribution in [3.05, 3.63) is 70.5 Å². The molecule has 0 heterocycles. The fourth-order valence-corrected chi connectivity index (χ4v) is 2.43. The van der Waals surface area contributed by atoms with Gasteiger partial charge in [0.2, 0.25) is 5.91 Å². The Hall–Kier alpha value is -1.91. The summed E-state index contributed by atoms with van der Waals surface area (Å²) < 4.78 is 13.8. The summed E-state index contributed by atoms with van der Waals surface area (Å²) in [7, 11) is 1.77. The van der Waals surface area contributed by atoms with Crippen LogP contribution in [0, 0.1) is 5.82 Å². The largest absolute Gasteiger partial charge is 0.351 e. The number of nitrogens with one attached hydrogen (secondary N) is 1. The van der Waals surface area contributed by atoms with Gasteiger partial charge in [0.1, 0.15) is 5.82 Å². The summed E-state index contributed by atoms with van der Waals surface area (Å²) in [5.74, 6) is -0.468. The standard InChI is InChI=1S/C18H20ClFN2O/c1-13(18(23)21-11-14-7-4-3-5-8-14)22(2)12-15-16(19)9-6-10-17(15)20/h3-10,13H,11-12H2,1-2H3,(H,21,23)/t13-/m0/s1. The van der Waals surface area contributed by atoms with Gasteiger partial charge in [-0.15, -0.1) is 0 Å². The predicted molar refractivity (Wildman–Crippen MR) is 90.6 cm³/mol. The molecule has 0 aromatic heterocycles. The summed E-state index contributed by atoms with van der Waals surface area (Å²) in [6.07, 6.45) is 0. The number of rotatable bonds is 6. The Morgan fingerprint density at radius 1 is 1.22 bits per heavy atom. The van der Waals surface area contributed by atoms with Gasteiger partial charge >= 0.3 is 0 Å². The highest BCUT2D eigenvalue weighted by molar-refractivity contribution is 6.31. The van der Waals surface area contributed by atoms with Crippen LogP contribution in [0.1, 0.15) is 18.1 Å². The minimum atomic E-state index is -0.394. The van der Waals surface area contributed by atoms with E-state index in [2.05, 4.69) is 5.32 Å². The Bertz CT molecular complexity index is 643. The molecule has 122 valence electrons. The second-order valence-corrected chi connectivity index (χ2v) is 5.90. The van der Waals surface area contributed by atoms with E-state index >= 15 is 0 Å². The number of carbonyl (C=O) groups is 1. The lowest BCUT2D eigenvalue weighted by Crippen LogP contribution is -2.42. The summed E-state index contributed by atoms with van der Waals surface area (Å²) in [6, 6.07) is 13.9. The lowest BCUT2D eigenvalue weighted by atomic mass is 10.1. The molecule has 0 saturated carbocycles. The molecule has 2 rings (SSSR count). The van der Waals surface area contributed by atoms with E-state index in [1.165, 1.54) is 6.07 Å². The van der Waals surface area contributed by atoms with Crippen molar-refractivity contribution in [2.45, 2.75) is 26.1 Å². The van der Waals surface area contributed by atoms with E-state index in [-0.39, 0.29) is 18.3 Å². The number of benzene rings is 2. The molecule has 2 aromatic carbocycles. The van der Waals surface area contributed by atoms with Gasteiger partial charge in [-0.05, 0) is 31.7 Å². The molecule has 0 unspecified atom stereocenters. The number of halogens is 2. The smallest absolute Gasteiger partial charge is 0.237 e. The molecule has 1 atom stereocenters. The number of hydrogen-bond donors (Lipinski definition) is 1. The van der Waals surface area contributed by atoms with Crippen molar-refractivity contribution in [1.82, 2.24) is 10.2 Å². The quantitative estimate of drug-likeness (QED) is 0.875. The van der Waals surface area contributed by atoms with Crippen molar-refractivity contribution in [1.29, 1.82) is 0 Å². The maximum Gasteiger partial charge on any atom is 0.237 e. The van der Waals surface area contributed by atoms with E-state index in [4.69, 9.17) is 11.6 Å². The van der Waals surface area contributed by atoms with Crippen LogP contribution in [0.25, 0.3) is 0 Å². The van der Waals surface area contributed by atoms with Gasteiger partial charge < -0.3 is 5.32 Å². The summed E-state index contributed by atoms with van der Waals surface area (Å²) in [4.78, 5) is 14.0. The fourth-order valence-electron chi connectivity index (χ4n) is 2.20. The van der Waals surface area contributed by atoms with Crippen LogP contribution in [0.15, 0.2) is 48.5 Å². The molecule has 0 fully saturated rings. The third-order valence-electron chi connectivity index (χ3n) is 3.82. The third kappa shape index (κ3) is 4.78. The van der Waals surface area contributed by atoms with Crippen molar-refractivity contribution in [2.24, 2.45) is 0 Å². The molecule has 0 aliphatic carbocycles. The molecule has 3 nitrogen and oxygen atoms in total. The molecule has 23 heavy (non-hydrogen) atoms. The number of nitrogens with zero attached hydrogens (tertiary/aromatic N) is 1. The Balaban J connectivity index is 1.93. The molecular weight excluding hydrogens is 315 g/mol. The van der Waals surface area contributed by atoms with Gasteiger partial charge in [-0.1, -0.05) is 48.0 Å². The molecule has 2 aromatic rings. The second kappa shape index (κ2) is 8.09. The minimum absolute atomic E-state index is 0.108. The number of amides is 1. The van der Waals surface area contributed by atoms with E-state index in [0.717, 1.165) is 5.56 Å². The number of likely N-dealkylation sites (N-methyl/N-ethyl adjacent to an activating group) is 1. The lowest BCUT2D eigenvalue weighted by Gasteiger charge is -2.24. The maximum atomic E-state index is 13.8. The molecule has 5 heteroatoms. The zero-order valence-corrected chi connectivity index (χ0v) is 14.0. The first kappa shape index (κ1) is 17.4. The van der Waals surface area contributed by atoms with E-state index in [1.54, 1.807) is 31.0 Å². The predicted octanol–water partition coefficient (Wildman–Crippen LogP) is 3.62. The van der Waals surface area contributed by atoms with Gasteiger partial charge in [0, 0.05) is 23.7 Å². The van der Waals surface area contributed by atoms with Crippen LogP contribution in [0.4, 0.5) is 4.39 Å². The van der Waals surface area contributed by atoms with Crippen LogP contribution in [0.5, 0.6) is 0 Å². The number of carbonyl (C=O) groups excluding carboxylic acids is 1. The Labute approximate surface area is 141 Å². The van der Waals surface area contributed by atoms with Crippen LogP contribution in [-0.4, -0.2) is 23.9 Å². The van der Waals surface area contributed by atoms with Crippen LogP contribution in [0.3, 0.4) is 0 Å². The van der Waals surface area contributed by atoms with Crippen LogP contribution in [0.2, 0.25) is 5.02 Å². The molecule has 1 N–H and O–H groups in total. The molecule has 0 aliphatic heterocycles. The molecule has 0 saturated heterocycles. The highest BCUT2D eigenvalue weighted by atomic mass is 35.5. The van der Waals surface area contributed by atoms with Crippen molar-refractivity contribution < 1.29 is 9.18 Å². The average molecular weight is 335 g/mol. The van der Waals surface area contributed by atoms with Crippen LogP contribution in [-0.2, 0) is 17.9 Å². The van der Waals surface area contributed by atoms with Crippen LogP contribution >= 0.6 is 11.6 Å². The van der Waals surface area contributed by atoms with Crippen molar-refractivity contribution in [3.63, 3.8) is 0 Å². The summed E-state index contributed by atoms with van der Waals surface area (Å²) >= 11 is 6.03. The SMILES string of the molecule is C[C@@H](C(=O)NCc1ccccc1)N(C)Cc1c(F)cccc1Cl. The van der Waals surface area contributed by atoms with E-state index in [9.17, 15) is 9.18 Å². The first-order chi connectivity index (χ1) is 11.0. The van der Waals surface area contributed by atoms with Crippen molar-refractivity contribution >= 4 is 17.5 Å². The van der Waals surface area contributed by atoms with Crippen molar-refractivity contribution in [2.75, 3.05) is 7.05 Å². The normalized spacial score (nSPS) is 12.2. The molecular formula is C18H20ClFN2O. The molecule has 1 amide bonds. The van der Waals surface area contributed by atoms with Gasteiger partial charge in [0.05, 0.1) is 6.04 Å². The van der Waals surface area contributed by atoms with E-state index in [0.29, 0.717) is 17.1 Å². The van der Waals surface area contributed by atoms with E-state index in [1.807, 2.05) is 30.3 Å². The summed E-state index contributed by atoms with van der Waals surface area (Å²) in [5, 5.41) is 3.26. The zero-order valence-electron chi connectivity index (χ0n) is 13.2. The Kier molecular flexibility index (Phi) is 6.13. The Morgan fingerprint density at radius 3 is 2.57 bits per heavy atom. The number of hydrogen-bond acceptors (Lipinski definition) is 2. The maximum absolute atomic E-state index is 13.8. The van der Waals surface area contributed by atoms with Gasteiger partial charge in [-0.3, -0.25) is 9.69 Å². The summed E-state index contributed by atoms with van der Waals surface area (Å²) in [5.41, 5.74) is 1.44. The van der Waals surface area contributed by atoms with Gasteiger partial charge in [0.25, 0.3) is 0 Å². The highest BCUT2D eigenvalue weighted by Gasteiger charge is 2.20. The zero-order chi connectivity index (χ0) is 16.8. The molecule has 0 spiro atoms. The van der Waals surface area contributed by atoms with Gasteiger partial charge in [-0.2, -0.15) is 0 Å². The monoisotopic (exact) mass is 334 g/mol. The third-order valence-corrected chi connectivity index (χ3v) is 4.17. The molecule has 0 bridgehead atoms. The Morgan fingerprint density at radius 2 is 1.91 bits per heavy atom. The topological polar surface area (TPSA) is 32.3 Å². The van der Waals surface area contributed by atoms with Gasteiger partial charge in [0.15, 0.2) is 0 Å². The summed E-state index contributed by atoms with van der Waals surface area (Å²) in [6.45, 7) is 2.53. The second-order valence-electron chi connectivity index (χ2n) is 5.49. The van der Waals surface area contributed by atoms with Crippen LogP contribution < -0.4 is 5.32 Å². The molecule has 0 aliphatic rings. The fraction of sp³-hybridized carbons (Fsp3) is 0.278. The minimum Gasteiger partial charge on any atom is -0.351 e. The molecule has 0 radical (unpaired) electrons. The first-order valence-corrected chi connectivity index (χ1v) is 7.81. The van der Waals surface area contributed by atoms with Gasteiger partial charge in [-0.25, -0.2) is 4.39 Å². The average Bonchev–Trinajstić information content (AvgIpc) is 2.56. The lowest BCUT2D eigenvalue weighted by molar-refractivity contribution is -0.125. The van der Waals surface area contributed by atoms with Crippen molar-refractivity contribution in [3.8, 4) is 0 Å². The highest BCUT2D eigenvalue weighted by Crippen LogP contribution is 2.21. The first-order valence-electron chi connectivity index (χ1n) is 7.44.